The van der Waals surface area contributed by atoms with Crippen LogP contribution >= 0.6 is 12.2 Å². The van der Waals surface area contributed by atoms with Crippen molar-refractivity contribution in [1.29, 1.82) is 0 Å². The Balaban J connectivity index is 6.82. The average Bonchev–Trinajstić information content (AvgIpc) is 2.65. The van der Waals surface area contributed by atoms with E-state index in [0.29, 0.717) is 0 Å². The van der Waals surface area contributed by atoms with Gasteiger partial charge in [0.1, 0.15) is 5.92 Å². The van der Waals surface area contributed by atoms with Crippen LogP contribution in [0.3, 0.4) is 0 Å². The number of carboxylic acids is 1. The maximum atomic E-state index is 14.0. The predicted octanol–water partition coefficient (Wildman–Crippen LogP) is 4.79. The van der Waals surface area contributed by atoms with Gasteiger partial charge in [-0.05, 0) is 12.2 Å². The van der Waals surface area contributed by atoms with Crippen molar-refractivity contribution in [1.82, 2.24) is 10.6 Å². The van der Waals surface area contributed by atoms with Gasteiger partial charge in [-0.15, -0.1) is 0 Å². The SMILES string of the molecule is CNC(=S)NCC(C(=O)O)C(F)(F)C(F)(F)C(F)(F)C(F)(F)C(F)(F)C(F)(F)C(F)(F)C(F)(F)F. The highest BCUT2D eigenvalue weighted by atomic mass is 32.1. The molecule has 3 N–H and O–H groups in total. The second-order valence-corrected chi connectivity index (χ2v) is 6.83. The number of thiocarbonyl (C=S) groups is 1. The molecule has 0 radical (unpaired) electrons. The van der Waals surface area contributed by atoms with E-state index in [1.165, 1.54) is 5.32 Å². The zero-order valence-corrected chi connectivity index (χ0v) is 16.8. The van der Waals surface area contributed by atoms with E-state index in [0.717, 1.165) is 7.05 Å². The number of carbonyl (C=O) groups is 1. The highest BCUT2D eigenvalue weighted by molar-refractivity contribution is 7.80. The lowest BCUT2D eigenvalue weighted by molar-refractivity contribution is -0.463. The third kappa shape index (κ3) is 4.72. The number of nitrogens with one attached hydrogen (secondary N) is 2. The van der Waals surface area contributed by atoms with Gasteiger partial charge in [0.2, 0.25) is 0 Å². The number of hydrogen-bond donors (Lipinski definition) is 3. The molecule has 0 heterocycles. The van der Waals surface area contributed by atoms with Crippen LogP contribution in [0.25, 0.3) is 0 Å². The average molecular weight is 580 g/mol. The van der Waals surface area contributed by atoms with E-state index in [-0.39, 0.29) is 0 Å². The zero-order chi connectivity index (χ0) is 28.9. The molecule has 0 rings (SSSR count). The fraction of sp³-hybridized carbons (Fsp3) is 0.846. The van der Waals surface area contributed by atoms with E-state index in [9.17, 15) is 79.4 Å². The Bertz CT molecular complexity index is 810. The summed E-state index contributed by atoms with van der Waals surface area (Å²) in [6, 6.07) is 0. The number of rotatable bonds is 10. The Hall–Kier alpha value is -2.03. The number of carboxylic acid groups (broad SMARTS) is 1. The van der Waals surface area contributed by atoms with Gasteiger partial charge in [-0.25, -0.2) is 0 Å². The Labute approximate surface area is 186 Å². The quantitative estimate of drug-likeness (QED) is 0.257. The topological polar surface area (TPSA) is 61.4 Å². The van der Waals surface area contributed by atoms with Crippen LogP contribution in [0.4, 0.5) is 74.6 Å². The molecule has 0 bridgehead atoms. The van der Waals surface area contributed by atoms with Crippen molar-refractivity contribution in [3.05, 3.63) is 0 Å². The molecule has 208 valence electrons. The molecular formula is C13H9F17N2O2S. The Morgan fingerprint density at radius 2 is 1.00 bits per heavy atom. The van der Waals surface area contributed by atoms with Gasteiger partial charge in [-0.3, -0.25) is 4.79 Å². The van der Waals surface area contributed by atoms with Gasteiger partial charge in [0.05, 0.1) is 0 Å². The Morgan fingerprint density at radius 3 is 1.29 bits per heavy atom. The molecule has 0 aromatic carbocycles. The summed E-state index contributed by atoms with van der Waals surface area (Å²) in [5, 5.41) is 10.9. The molecule has 0 aliphatic carbocycles. The lowest BCUT2D eigenvalue weighted by atomic mass is 9.85. The molecule has 1 atom stereocenters. The molecule has 0 aliphatic heterocycles. The van der Waals surface area contributed by atoms with Crippen LogP contribution in [0.2, 0.25) is 0 Å². The summed E-state index contributed by atoms with van der Waals surface area (Å²) in [7, 11) is 0.894. The number of hydrogen-bond acceptors (Lipinski definition) is 2. The van der Waals surface area contributed by atoms with Gasteiger partial charge < -0.3 is 15.7 Å². The Morgan fingerprint density at radius 1 is 0.686 bits per heavy atom. The van der Waals surface area contributed by atoms with Gasteiger partial charge in [0, 0.05) is 13.6 Å². The lowest BCUT2D eigenvalue weighted by Gasteiger charge is -2.43. The summed E-state index contributed by atoms with van der Waals surface area (Å²) < 4.78 is 225. The molecule has 0 aliphatic rings. The molecule has 0 aromatic heterocycles. The minimum Gasteiger partial charge on any atom is -0.481 e. The highest BCUT2D eigenvalue weighted by Crippen LogP contribution is 2.64. The fourth-order valence-corrected chi connectivity index (χ4v) is 2.13. The smallest absolute Gasteiger partial charge is 0.460 e. The van der Waals surface area contributed by atoms with E-state index < -0.39 is 71.2 Å². The molecule has 22 heteroatoms. The fourth-order valence-electron chi connectivity index (χ4n) is 2.05. The molecule has 0 saturated carbocycles. The van der Waals surface area contributed by atoms with Crippen LogP contribution in [0, 0.1) is 5.92 Å². The third-order valence-electron chi connectivity index (χ3n) is 4.18. The van der Waals surface area contributed by atoms with Gasteiger partial charge in [-0.1, -0.05) is 0 Å². The minimum absolute atomic E-state index is 0.854. The number of halogens is 17. The van der Waals surface area contributed by atoms with Crippen LogP contribution < -0.4 is 10.6 Å². The largest absolute Gasteiger partial charge is 0.481 e. The van der Waals surface area contributed by atoms with Crippen molar-refractivity contribution < 1.29 is 84.5 Å². The standard InChI is InChI=1S/C13H9F17N2O2S/c1-31-5(35)32-2-3(4(33)34)6(14,15)7(16,17)8(18,19)9(20,21)10(22,23)11(24,25)12(26,27)13(28,29)30/h3H,2H2,1H3,(H,33,34)(H2,31,32,35). The summed E-state index contributed by atoms with van der Waals surface area (Å²) in [5.41, 5.74) is 0. The molecule has 0 fully saturated rings. The van der Waals surface area contributed by atoms with Crippen molar-refractivity contribution in [2.24, 2.45) is 5.92 Å². The van der Waals surface area contributed by atoms with Crippen LogP contribution in [-0.2, 0) is 4.79 Å². The first-order chi connectivity index (χ1) is 15.0. The zero-order valence-electron chi connectivity index (χ0n) is 16.0. The monoisotopic (exact) mass is 580 g/mol. The van der Waals surface area contributed by atoms with Crippen molar-refractivity contribution in [2.75, 3.05) is 13.6 Å². The first-order valence-electron chi connectivity index (χ1n) is 7.93. The van der Waals surface area contributed by atoms with Crippen LogP contribution in [0.1, 0.15) is 0 Å². The molecule has 0 amide bonds. The molecule has 4 nitrogen and oxygen atoms in total. The third-order valence-corrected chi connectivity index (χ3v) is 4.52. The van der Waals surface area contributed by atoms with Crippen molar-refractivity contribution in [3.8, 4) is 0 Å². The van der Waals surface area contributed by atoms with E-state index in [1.54, 1.807) is 0 Å². The second kappa shape index (κ2) is 9.12. The summed E-state index contributed by atoms with van der Waals surface area (Å²) in [5.74, 6) is -65.7. The summed E-state index contributed by atoms with van der Waals surface area (Å²) in [4.78, 5) is 10.8. The lowest BCUT2D eigenvalue weighted by Crippen LogP contribution is -2.75. The molecule has 0 spiro atoms. The van der Waals surface area contributed by atoms with Crippen molar-refractivity contribution in [3.63, 3.8) is 0 Å². The van der Waals surface area contributed by atoms with Gasteiger partial charge in [0.25, 0.3) is 0 Å². The summed E-state index contributed by atoms with van der Waals surface area (Å²) in [6.45, 7) is -2.13. The predicted molar refractivity (Wildman–Crippen MR) is 81.5 cm³/mol. The molecule has 1 unspecified atom stereocenters. The Kier molecular flexibility index (Phi) is 8.60. The van der Waals surface area contributed by atoms with Crippen LogP contribution in [0.5, 0.6) is 0 Å². The maximum absolute atomic E-state index is 14.0. The van der Waals surface area contributed by atoms with Crippen LogP contribution in [-0.4, -0.2) is 77.4 Å². The van der Waals surface area contributed by atoms with Gasteiger partial charge in [-0.2, -0.15) is 74.6 Å². The van der Waals surface area contributed by atoms with Gasteiger partial charge >= 0.3 is 53.6 Å². The first-order valence-corrected chi connectivity index (χ1v) is 8.34. The van der Waals surface area contributed by atoms with Crippen molar-refractivity contribution in [2.45, 2.75) is 47.6 Å². The molecule has 0 saturated heterocycles. The molecule has 0 aromatic rings. The van der Waals surface area contributed by atoms with Crippen LogP contribution in [0.15, 0.2) is 0 Å². The highest BCUT2D eigenvalue weighted by Gasteiger charge is 2.95. The summed E-state index contributed by atoms with van der Waals surface area (Å²) >= 11 is 4.20. The second-order valence-electron chi connectivity index (χ2n) is 6.42. The maximum Gasteiger partial charge on any atom is 0.460 e. The van der Waals surface area contributed by atoms with Gasteiger partial charge in [0.15, 0.2) is 5.11 Å². The van der Waals surface area contributed by atoms with E-state index >= 15 is 0 Å². The number of aliphatic carboxylic acids is 1. The van der Waals surface area contributed by atoms with E-state index in [2.05, 4.69) is 12.2 Å². The van der Waals surface area contributed by atoms with E-state index in [1.807, 2.05) is 5.32 Å². The molecular weight excluding hydrogens is 571 g/mol. The minimum atomic E-state index is -8.79. The summed E-state index contributed by atoms with van der Waals surface area (Å²) in [6.07, 6.45) is -7.86. The normalized spacial score (nSPS) is 16.1. The number of alkyl halides is 17. The first kappa shape index (κ1) is 33.0. The van der Waals surface area contributed by atoms with Crippen molar-refractivity contribution >= 4 is 23.3 Å². The molecule has 35 heavy (non-hydrogen) atoms. The van der Waals surface area contributed by atoms with E-state index in [4.69, 9.17) is 5.11 Å².